The topological polar surface area (TPSA) is 83.9 Å². The molecule has 3 aromatic rings. The minimum atomic E-state index is 0.192. The Morgan fingerprint density at radius 1 is 1.23 bits per heavy atom. The van der Waals surface area contributed by atoms with Crippen LogP contribution in [0.2, 0.25) is 0 Å². The minimum absolute atomic E-state index is 0.192. The van der Waals surface area contributed by atoms with Gasteiger partial charge in [-0.1, -0.05) is 18.2 Å². The molecule has 0 saturated heterocycles. The summed E-state index contributed by atoms with van der Waals surface area (Å²) in [5.41, 5.74) is 4.17. The van der Waals surface area contributed by atoms with Gasteiger partial charge < -0.3 is 14.8 Å². The fraction of sp³-hybridized carbons (Fsp3) is 0.188. The number of aromatic hydroxyl groups is 1. The molecule has 0 saturated carbocycles. The molecule has 2 N–H and O–H groups in total. The second-order valence-electron chi connectivity index (χ2n) is 5.10. The number of phenols is 1. The molecule has 22 heavy (non-hydrogen) atoms. The van der Waals surface area contributed by atoms with E-state index in [2.05, 4.69) is 19.9 Å². The van der Waals surface area contributed by atoms with E-state index in [1.165, 1.54) is 0 Å². The maximum atomic E-state index is 9.66. The average molecular weight is 294 g/mol. The summed E-state index contributed by atoms with van der Waals surface area (Å²) in [6, 6.07) is 6.93. The van der Waals surface area contributed by atoms with Gasteiger partial charge in [-0.3, -0.25) is 0 Å². The first-order valence-electron chi connectivity index (χ1n) is 7.09. The van der Waals surface area contributed by atoms with Crippen molar-refractivity contribution in [2.24, 2.45) is 0 Å². The molecule has 0 bridgehead atoms. The Balaban J connectivity index is 1.92. The van der Waals surface area contributed by atoms with Crippen molar-refractivity contribution in [3.63, 3.8) is 0 Å². The Labute approximate surface area is 126 Å². The zero-order valence-electron chi connectivity index (χ0n) is 11.8. The van der Waals surface area contributed by atoms with E-state index in [4.69, 9.17) is 4.74 Å². The number of nitrogens with one attached hydrogen (secondary N) is 1. The van der Waals surface area contributed by atoms with Crippen molar-refractivity contribution in [1.29, 1.82) is 0 Å². The van der Waals surface area contributed by atoms with E-state index < -0.39 is 0 Å². The van der Waals surface area contributed by atoms with Crippen LogP contribution in [0, 0.1) is 0 Å². The fourth-order valence-electron chi connectivity index (χ4n) is 2.58. The van der Waals surface area contributed by atoms with E-state index in [1.54, 1.807) is 24.5 Å². The molecule has 4 rings (SSSR count). The quantitative estimate of drug-likeness (QED) is 0.758. The van der Waals surface area contributed by atoms with E-state index in [1.807, 2.05) is 12.1 Å². The summed E-state index contributed by atoms with van der Waals surface area (Å²) in [5.74, 6) is 0.757. The highest BCUT2D eigenvalue weighted by molar-refractivity contribution is 5.86. The van der Waals surface area contributed by atoms with E-state index >= 15 is 0 Å². The van der Waals surface area contributed by atoms with Gasteiger partial charge in [-0.05, 0) is 24.1 Å². The zero-order valence-corrected chi connectivity index (χ0v) is 11.8. The number of aromatic amines is 1. The summed E-state index contributed by atoms with van der Waals surface area (Å²) in [5, 5.41) is 9.66. The van der Waals surface area contributed by atoms with Crippen molar-refractivity contribution >= 4 is 16.7 Å². The number of hydrogen-bond acceptors (Lipinski definition) is 5. The molecule has 2 aromatic heterocycles. The monoisotopic (exact) mass is 294 g/mol. The molecule has 1 aliphatic rings. The van der Waals surface area contributed by atoms with E-state index in [9.17, 15) is 5.11 Å². The van der Waals surface area contributed by atoms with Gasteiger partial charge >= 0.3 is 0 Å². The summed E-state index contributed by atoms with van der Waals surface area (Å²) in [6.45, 7) is 1.27. The molecule has 0 atom stereocenters. The normalized spacial score (nSPS) is 15.0. The summed E-state index contributed by atoms with van der Waals surface area (Å²) in [6.07, 6.45) is 4.46. The van der Waals surface area contributed by atoms with Gasteiger partial charge in [0.05, 0.1) is 25.2 Å². The number of benzene rings is 1. The number of imidazole rings is 1. The second-order valence-corrected chi connectivity index (χ2v) is 5.10. The molecular weight excluding hydrogens is 280 g/mol. The van der Waals surface area contributed by atoms with Crippen LogP contribution in [0.15, 0.2) is 36.7 Å². The molecule has 6 heteroatoms. The molecule has 1 aliphatic heterocycles. The number of phenolic OH excluding ortho intramolecular Hbond substituents is 1. The molecule has 0 radical (unpaired) electrons. The van der Waals surface area contributed by atoms with Gasteiger partial charge in [-0.15, -0.1) is 0 Å². The number of fused-ring (bicyclic) bond motifs is 1. The van der Waals surface area contributed by atoms with Crippen LogP contribution in [0.25, 0.3) is 28.1 Å². The van der Waals surface area contributed by atoms with Gasteiger partial charge in [-0.25, -0.2) is 15.0 Å². The predicted molar refractivity (Wildman–Crippen MR) is 82.2 cm³/mol. The predicted octanol–water partition coefficient (Wildman–Crippen LogP) is 2.53. The number of aromatic nitrogens is 4. The smallest absolute Gasteiger partial charge is 0.162 e. The average Bonchev–Trinajstić information content (AvgIpc) is 3.03. The Hall–Kier alpha value is -2.73. The van der Waals surface area contributed by atoms with Crippen molar-refractivity contribution in [3.8, 4) is 17.1 Å². The summed E-state index contributed by atoms with van der Waals surface area (Å²) in [7, 11) is 0. The number of nitrogens with zero attached hydrogens (tertiary/aromatic N) is 3. The molecule has 0 unspecified atom stereocenters. The zero-order chi connectivity index (χ0) is 14.9. The van der Waals surface area contributed by atoms with Crippen LogP contribution < -0.4 is 0 Å². The highest BCUT2D eigenvalue weighted by Gasteiger charge is 2.16. The van der Waals surface area contributed by atoms with Gasteiger partial charge in [-0.2, -0.15) is 0 Å². The number of H-pyrrole nitrogens is 1. The van der Waals surface area contributed by atoms with Crippen LogP contribution in [-0.2, 0) is 4.74 Å². The Bertz CT molecular complexity index is 869. The summed E-state index contributed by atoms with van der Waals surface area (Å²) < 4.78 is 5.36. The van der Waals surface area contributed by atoms with Gasteiger partial charge in [0.25, 0.3) is 0 Å². The van der Waals surface area contributed by atoms with Crippen molar-refractivity contribution in [1.82, 2.24) is 19.9 Å². The number of ether oxygens (including phenoxy) is 1. The van der Waals surface area contributed by atoms with Crippen molar-refractivity contribution < 1.29 is 9.84 Å². The molecule has 0 fully saturated rings. The van der Waals surface area contributed by atoms with E-state index in [0.29, 0.717) is 24.7 Å². The molecule has 0 spiro atoms. The SMILES string of the molecule is Oc1cccc(-c2nc(C3=CCOCC3)c3nc[nH]c3n2)c1. The van der Waals surface area contributed by atoms with Crippen molar-refractivity contribution in [2.75, 3.05) is 13.2 Å². The van der Waals surface area contributed by atoms with Gasteiger partial charge in [0, 0.05) is 5.56 Å². The lowest BCUT2D eigenvalue weighted by Crippen LogP contribution is -2.06. The standard InChI is InChI=1S/C16H14N4O2/c21-12-3-1-2-11(8-12)15-19-13(10-4-6-22-7-5-10)14-16(20-15)18-9-17-14/h1-4,8-9,21H,5-7H2,(H,17,18,19,20). The van der Waals surface area contributed by atoms with E-state index in [0.717, 1.165) is 28.8 Å². The third kappa shape index (κ3) is 2.23. The molecule has 0 aliphatic carbocycles. The number of hydrogen-bond donors (Lipinski definition) is 2. The molecule has 3 heterocycles. The third-order valence-electron chi connectivity index (χ3n) is 3.65. The van der Waals surface area contributed by atoms with Crippen LogP contribution in [0.3, 0.4) is 0 Å². The largest absolute Gasteiger partial charge is 0.508 e. The molecule has 1 aromatic carbocycles. The van der Waals surface area contributed by atoms with Gasteiger partial charge in [0.2, 0.25) is 0 Å². The fourth-order valence-corrected chi connectivity index (χ4v) is 2.58. The Morgan fingerprint density at radius 2 is 2.18 bits per heavy atom. The lowest BCUT2D eigenvalue weighted by atomic mass is 10.1. The van der Waals surface area contributed by atoms with Crippen molar-refractivity contribution in [2.45, 2.75) is 6.42 Å². The molecule has 6 nitrogen and oxygen atoms in total. The molecular formula is C16H14N4O2. The Kier molecular flexibility index (Phi) is 3.08. The van der Waals surface area contributed by atoms with Crippen LogP contribution in [0.5, 0.6) is 5.75 Å². The van der Waals surface area contributed by atoms with Crippen LogP contribution in [0.4, 0.5) is 0 Å². The summed E-state index contributed by atoms with van der Waals surface area (Å²) >= 11 is 0. The first-order valence-corrected chi connectivity index (χ1v) is 7.09. The Morgan fingerprint density at radius 3 is 3.00 bits per heavy atom. The molecule has 110 valence electrons. The maximum absolute atomic E-state index is 9.66. The minimum Gasteiger partial charge on any atom is -0.508 e. The highest BCUT2D eigenvalue weighted by Crippen LogP contribution is 2.28. The molecule has 0 amide bonds. The number of rotatable bonds is 2. The summed E-state index contributed by atoms with van der Waals surface area (Å²) in [4.78, 5) is 16.6. The third-order valence-corrected chi connectivity index (χ3v) is 3.65. The maximum Gasteiger partial charge on any atom is 0.162 e. The van der Waals surface area contributed by atoms with Crippen LogP contribution >= 0.6 is 0 Å². The van der Waals surface area contributed by atoms with Gasteiger partial charge in [0.1, 0.15) is 11.3 Å². The van der Waals surface area contributed by atoms with Crippen molar-refractivity contribution in [3.05, 3.63) is 42.4 Å². The van der Waals surface area contributed by atoms with Crippen LogP contribution in [-0.4, -0.2) is 38.3 Å². The lowest BCUT2D eigenvalue weighted by Gasteiger charge is -2.14. The lowest BCUT2D eigenvalue weighted by molar-refractivity contribution is 0.161. The highest BCUT2D eigenvalue weighted by atomic mass is 16.5. The van der Waals surface area contributed by atoms with Crippen LogP contribution in [0.1, 0.15) is 12.1 Å². The van der Waals surface area contributed by atoms with Gasteiger partial charge in [0.15, 0.2) is 11.5 Å². The first-order chi connectivity index (χ1) is 10.8. The first kappa shape index (κ1) is 13.0. The second kappa shape index (κ2) is 5.23. The van der Waals surface area contributed by atoms with E-state index in [-0.39, 0.29) is 5.75 Å².